The molecule has 1 aliphatic rings. The highest BCUT2D eigenvalue weighted by Gasteiger charge is 2.21. The van der Waals surface area contributed by atoms with Gasteiger partial charge in [0.15, 0.2) is 5.82 Å². The molecule has 0 bridgehead atoms. The summed E-state index contributed by atoms with van der Waals surface area (Å²) >= 11 is 0. The van der Waals surface area contributed by atoms with Gasteiger partial charge in [0.2, 0.25) is 5.91 Å². The summed E-state index contributed by atoms with van der Waals surface area (Å²) in [4.78, 5) is 39.8. The number of aryl methyl sites for hydroxylation is 1. The monoisotopic (exact) mass is 372 g/mol. The average Bonchev–Trinajstić information content (AvgIpc) is 3.22. The van der Waals surface area contributed by atoms with Crippen LogP contribution in [-0.2, 0) is 27.3 Å². The van der Waals surface area contributed by atoms with Crippen LogP contribution in [0.5, 0.6) is 0 Å². The summed E-state index contributed by atoms with van der Waals surface area (Å²) in [5.74, 6) is 0.0619. The minimum Gasteiger partial charge on any atom is -0.461 e. The van der Waals surface area contributed by atoms with Gasteiger partial charge in [-0.2, -0.15) is 0 Å². The fourth-order valence-corrected chi connectivity index (χ4v) is 3.06. The number of anilines is 1. The molecule has 0 aliphatic carbocycles. The van der Waals surface area contributed by atoms with Crippen molar-refractivity contribution in [3.05, 3.63) is 52.0 Å². The van der Waals surface area contributed by atoms with Crippen molar-refractivity contribution in [3.8, 4) is 0 Å². The quantitative estimate of drug-likeness (QED) is 0.418. The van der Waals surface area contributed by atoms with E-state index in [9.17, 15) is 19.7 Å². The topological polar surface area (TPSA) is 108 Å². The number of benzene rings is 1. The van der Waals surface area contributed by atoms with Crippen LogP contribution in [0.25, 0.3) is 0 Å². The van der Waals surface area contributed by atoms with Crippen LogP contribution in [0.3, 0.4) is 0 Å². The Labute approximate surface area is 155 Å². The first-order valence-corrected chi connectivity index (χ1v) is 8.67. The third kappa shape index (κ3) is 4.30. The van der Waals surface area contributed by atoms with E-state index in [0.717, 1.165) is 24.2 Å². The summed E-state index contributed by atoms with van der Waals surface area (Å²) in [7, 11) is 0. The Morgan fingerprint density at radius 2 is 2.07 bits per heavy atom. The minimum atomic E-state index is -0.519. The van der Waals surface area contributed by atoms with E-state index in [1.165, 1.54) is 10.8 Å². The Bertz CT molecular complexity index is 859. The maximum Gasteiger partial charge on any atom is 0.342 e. The highest BCUT2D eigenvalue weighted by Crippen LogP contribution is 2.21. The van der Waals surface area contributed by atoms with Gasteiger partial charge in [0.25, 0.3) is 0 Å². The predicted octanol–water partition coefficient (Wildman–Crippen LogP) is 2.01. The molecule has 0 atom stereocenters. The second-order valence-electron chi connectivity index (χ2n) is 6.28. The lowest BCUT2D eigenvalue weighted by Crippen LogP contribution is -2.23. The van der Waals surface area contributed by atoms with Crippen molar-refractivity contribution in [2.75, 3.05) is 18.1 Å². The number of rotatable bonds is 7. The molecule has 0 spiro atoms. The maximum atomic E-state index is 12.0. The Morgan fingerprint density at radius 1 is 1.33 bits per heavy atom. The van der Waals surface area contributed by atoms with E-state index in [4.69, 9.17) is 4.74 Å². The zero-order valence-corrected chi connectivity index (χ0v) is 15.0. The predicted molar refractivity (Wildman–Crippen MR) is 96.3 cm³/mol. The zero-order valence-electron chi connectivity index (χ0n) is 15.0. The molecule has 3 rings (SSSR count). The number of carbonyl (C=O) groups is 2. The van der Waals surface area contributed by atoms with Gasteiger partial charge in [-0.3, -0.25) is 9.59 Å². The Morgan fingerprint density at radius 3 is 2.70 bits per heavy atom. The summed E-state index contributed by atoms with van der Waals surface area (Å²) in [6.07, 6.45) is 2.72. The van der Waals surface area contributed by atoms with Crippen molar-refractivity contribution < 1.29 is 19.2 Å². The van der Waals surface area contributed by atoms with Crippen LogP contribution < -0.4 is 4.90 Å². The van der Waals surface area contributed by atoms with Gasteiger partial charge < -0.3 is 19.8 Å². The van der Waals surface area contributed by atoms with E-state index in [1.54, 1.807) is 24.0 Å². The molecule has 142 valence electrons. The molecular weight excluding hydrogens is 352 g/mol. The molecule has 1 amide bonds. The van der Waals surface area contributed by atoms with Crippen LogP contribution in [0.4, 0.5) is 11.5 Å². The van der Waals surface area contributed by atoms with Crippen LogP contribution in [-0.4, -0.2) is 39.5 Å². The summed E-state index contributed by atoms with van der Waals surface area (Å²) < 4.78 is 6.58. The molecule has 0 N–H and O–H groups in total. The molecule has 27 heavy (non-hydrogen) atoms. The van der Waals surface area contributed by atoms with Crippen LogP contribution >= 0.6 is 0 Å². The van der Waals surface area contributed by atoms with Crippen LogP contribution in [0.2, 0.25) is 0 Å². The van der Waals surface area contributed by atoms with Gasteiger partial charge >= 0.3 is 11.8 Å². The summed E-state index contributed by atoms with van der Waals surface area (Å²) in [6.45, 7) is 2.57. The van der Waals surface area contributed by atoms with Gasteiger partial charge in [-0.25, -0.2) is 9.55 Å². The lowest BCUT2D eigenvalue weighted by Gasteiger charge is -2.15. The van der Waals surface area contributed by atoms with E-state index < -0.39 is 10.9 Å². The highest BCUT2D eigenvalue weighted by atomic mass is 16.6. The number of imidazole rings is 1. The first kappa shape index (κ1) is 18.6. The fourth-order valence-electron chi connectivity index (χ4n) is 3.06. The molecule has 0 saturated carbocycles. The molecule has 1 aromatic heterocycles. The second-order valence-corrected chi connectivity index (χ2v) is 6.28. The second kappa shape index (κ2) is 7.98. The summed E-state index contributed by atoms with van der Waals surface area (Å²) in [6, 6.07) is 7.24. The number of aromatic nitrogens is 2. The molecule has 1 fully saturated rings. The molecule has 9 heteroatoms. The molecule has 2 aromatic rings. The van der Waals surface area contributed by atoms with E-state index >= 15 is 0 Å². The largest absolute Gasteiger partial charge is 0.461 e. The van der Waals surface area contributed by atoms with Gasteiger partial charge in [0, 0.05) is 25.6 Å². The van der Waals surface area contributed by atoms with Crippen LogP contribution in [0.1, 0.15) is 24.2 Å². The van der Waals surface area contributed by atoms with Gasteiger partial charge in [0.1, 0.15) is 19.3 Å². The number of hydrogen-bond donors (Lipinski definition) is 0. The van der Waals surface area contributed by atoms with E-state index in [1.807, 2.05) is 12.1 Å². The number of nitrogens with zero attached hydrogens (tertiary/aromatic N) is 4. The number of hydrogen-bond acceptors (Lipinski definition) is 6. The minimum absolute atomic E-state index is 0.0250. The summed E-state index contributed by atoms with van der Waals surface area (Å²) in [5, 5.41) is 10.9. The normalized spacial score (nSPS) is 13.8. The van der Waals surface area contributed by atoms with E-state index in [-0.39, 0.29) is 31.3 Å². The van der Waals surface area contributed by atoms with Crippen LogP contribution in [0, 0.1) is 17.0 Å². The number of esters is 1. The number of carbonyl (C=O) groups excluding carboxylic acids is 2. The number of amides is 1. The smallest absolute Gasteiger partial charge is 0.342 e. The van der Waals surface area contributed by atoms with Gasteiger partial charge in [-0.1, -0.05) is 12.1 Å². The first-order chi connectivity index (χ1) is 13.0. The lowest BCUT2D eigenvalue weighted by molar-refractivity contribution is -0.392. The summed E-state index contributed by atoms with van der Waals surface area (Å²) in [5.41, 5.74) is 1.61. The van der Waals surface area contributed by atoms with Crippen molar-refractivity contribution in [2.45, 2.75) is 32.7 Å². The fraction of sp³-hybridized carbons (Fsp3) is 0.389. The van der Waals surface area contributed by atoms with Crippen molar-refractivity contribution >= 4 is 23.4 Å². The van der Waals surface area contributed by atoms with Crippen molar-refractivity contribution in [2.24, 2.45) is 0 Å². The van der Waals surface area contributed by atoms with E-state index in [2.05, 4.69) is 4.98 Å². The third-order valence-corrected chi connectivity index (χ3v) is 4.47. The van der Waals surface area contributed by atoms with Crippen molar-refractivity contribution in [1.29, 1.82) is 0 Å². The highest BCUT2D eigenvalue weighted by molar-refractivity contribution is 5.95. The molecule has 9 nitrogen and oxygen atoms in total. The van der Waals surface area contributed by atoms with Crippen LogP contribution in [0.15, 0.2) is 30.5 Å². The molecule has 2 heterocycles. The van der Waals surface area contributed by atoms with E-state index in [0.29, 0.717) is 12.2 Å². The lowest BCUT2D eigenvalue weighted by atomic mass is 10.1. The Kier molecular flexibility index (Phi) is 5.49. The standard InChI is InChI=1S/C18H20N4O5/c1-13-19-12-16(22(25)26)20(13)9-10-27-18(24)11-14-4-6-15(7-5-14)21-8-2-3-17(21)23/h4-7,12H,2-3,8-11H2,1H3. The third-order valence-electron chi connectivity index (χ3n) is 4.47. The van der Waals surface area contributed by atoms with Gasteiger partial charge in [-0.15, -0.1) is 0 Å². The molecular formula is C18H20N4O5. The SMILES string of the molecule is Cc1ncc([N+](=O)[O-])n1CCOC(=O)Cc1ccc(N2CCCC2=O)cc1. The molecule has 1 aliphatic heterocycles. The average molecular weight is 372 g/mol. The number of nitro groups is 1. The molecule has 1 aromatic carbocycles. The first-order valence-electron chi connectivity index (χ1n) is 8.67. The van der Waals surface area contributed by atoms with Crippen molar-refractivity contribution in [1.82, 2.24) is 9.55 Å². The molecule has 0 radical (unpaired) electrons. The van der Waals surface area contributed by atoms with Crippen molar-refractivity contribution in [3.63, 3.8) is 0 Å². The molecule has 0 unspecified atom stereocenters. The Hall–Kier alpha value is -3.23. The Balaban J connectivity index is 1.50. The van der Waals surface area contributed by atoms with Gasteiger partial charge in [0.05, 0.1) is 6.42 Å². The maximum absolute atomic E-state index is 12.0. The zero-order chi connectivity index (χ0) is 19.4. The number of ether oxygens (including phenoxy) is 1. The van der Waals surface area contributed by atoms with Gasteiger partial charge in [-0.05, 0) is 29.0 Å². The molecule has 1 saturated heterocycles.